The largest absolute Gasteiger partial charge is 0.436 e. The molecule has 18 heavy (non-hydrogen) atoms. The number of halogens is 2. The minimum Gasteiger partial charge on any atom is -0.436 e. The lowest BCUT2D eigenvalue weighted by Gasteiger charge is -1.96. The third-order valence-corrected chi connectivity index (χ3v) is 2.88. The second-order valence-corrected chi connectivity index (χ2v) is 4.28. The summed E-state index contributed by atoms with van der Waals surface area (Å²) in [6.45, 7) is 0. The van der Waals surface area contributed by atoms with Crippen molar-refractivity contribution < 1.29 is 8.81 Å². The summed E-state index contributed by atoms with van der Waals surface area (Å²) >= 11 is 5.63. The fraction of sp³-hybridized carbons (Fsp3) is 0. The van der Waals surface area contributed by atoms with Crippen LogP contribution in [-0.4, -0.2) is 4.98 Å². The first kappa shape index (κ1) is 11.0. The van der Waals surface area contributed by atoms with Gasteiger partial charge in [-0.2, -0.15) is 0 Å². The van der Waals surface area contributed by atoms with Gasteiger partial charge in [-0.1, -0.05) is 11.6 Å². The first-order chi connectivity index (χ1) is 8.63. The predicted octanol–water partition coefficient (Wildman–Crippen LogP) is 3.87. The molecule has 0 radical (unpaired) electrons. The van der Waals surface area contributed by atoms with Crippen LogP contribution in [0.4, 0.5) is 10.1 Å². The number of nitrogens with two attached hydrogens (primary N) is 1. The van der Waals surface area contributed by atoms with E-state index in [2.05, 4.69) is 4.98 Å². The van der Waals surface area contributed by atoms with Gasteiger partial charge in [-0.25, -0.2) is 9.37 Å². The minimum atomic E-state index is -0.504. The van der Waals surface area contributed by atoms with Crippen molar-refractivity contribution in [3.63, 3.8) is 0 Å². The Morgan fingerprint density at radius 2 is 2.00 bits per heavy atom. The van der Waals surface area contributed by atoms with Crippen LogP contribution in [0.2, 0.25) is 5.02 Å². The zero-order chi connectivity index (χ0) is 12.7. The maximum atomic E-state index is 13.4. The SMILES string of the molecule is Nc1ccc2oc(-c3ccc(Cl)c(F)c3)nc2c1. The van der Waals surface area contributed by atoms with Gasteiger partial charge in [0.2, 0.25) is 5.89 Å². The molecule has 3 nitrogen and oxygen atoms in total. The smallest absolute Gasteiger partial charge is 0.227 e. The highest BCUT2D eigenvalue weighted by Crippen LogP contribution is 2.27. The van der Waals surface area contributed by atoms with Crippen LogP contribution in [0.1, 0.15) is 0 Å². The lowest BCUT2D eigenvalue weighted by molar-refractivity contribution is 0.611. The molecule has 0 saturated carbocycles. The van der Waals surface area contributed by atoms with E-state index < -0.39 is 5.82 Å². The number of anilines is 1. The van der Waals surface area contributed by atoms with E-state index in [1.807, 2.05) is 0 Å². The first-order valence-corrected chi connectivity index (χ1v) is 5.63. The predicted molar refractivity (Wildman–Crippen MR) is 68.8 cm³/mol. The number of hydrogen-bond donors (Lipinski definition) is 1. The Hall–Kier alpha value is -2.07. The van der Waals surface area contributed by atoms with Gasteiger partial charge >= 0.3 is 0 Å². The molecule has 0 aliphatic rings. The normalized spacial score (nSPS) is 11.0. The number of benzene rings is 2. The lowest BCUT2D eigenvalue weighted by atomic mass is 10.2. The van der Waals surface area contributed by atoms with E-state index in [-0.39, 0.29) is 5.02 Å². The Balaban J connectivity index is 2.16. The van der Waals surface area contributed by atoms with E-state index in [0.717, 1.165) is 0 Å². The van der Waals surface area contributed by atoms with Gasteiger partial charge in [0.05, 0.1) is 5.02 Å². The molecule has 0 atom stereocenters. The number of oxazole rings is 1. The third-order valence-electron chi connectivity index (χ3n) is 2.58. The minimum absolute atomic E-state index is 0.0686. The Morgan fingerprint density at radius 3 is 2.78 bits per heavy atom. The number of nitrogens with zero attached hydrogens (tertiary/aromatic N) is 1. The molecular formula is C13H8ClFN2O. The molecule has 0 aliphatic carbocycles. The van der Waals surface area contributed by atoms with E-state index in [1.165, 1.54) is 12.1 Å². The maximum Gasteiger partial charge on any atom is 0.227 e. The second-order valence-electron chi connectivity index (χ2n) is 3.88. The van der Waals surface area contributed by atoms with E-state index in [0.29, 0.717) is 28.2 Å². The van der Waals surface area contributed by atoms with Crippen LogP contribution in [0, 0.1) is 5.82 Å². The van der Waals surface area contributed by atoms with Crippen molar-refractivity contribution in [2.45, 2.75) is 0 Å². The van der Waals surface area contributed by atoms with Gasteiger partial charge in [0.15, 0.2) is 5.58 Å². The van der Waals surface area contributed by atoms with Gasteiger partial charge in [0, 0.05) is 11.3 Å². The van der Waals surface area contributed by atoms with E-state index in [4.69, 9.17) is 21.8 Å². The summed E-state index contributed by atoms with van der Waals surface area (Å²) in [5, 5.41) is 0.0686. The summed E-state index contributed by atoms with van der Waals surface area (Å²) in [4.78, 5) is 4.26. The fourth-order valence-corrected chi connectivity index (χ4v) is 1.81. The molecule has 0 saturated heterocycles. The van der Waals surface area contributed by atoms with Crippen LogP contribution < -0.4 is 5.73 Å². The monoisotopic (exact) mass is 262 g/mol. The number of hydrogen-bond acceptors (Lipinski definition) is 3. The molecule has 5 heteroatoms. The van der Waals surface area contributed by atoms with Crippen molar-refractivity contribution in [2.75, 3.05) is 5.73 Å². The molecule has 0 bridgehead atoms. The summed E-state index contributed by atoms with van der Waals surface area (Å²) in [7, 11) is 0. The molecule has 0 amide bonds. The molecule has 1 aromatic heterocycles. The van der Waals surface area contributed by atoms with Crippen LogP contribution in [0.5, 0.6) is 0 Å². The molecule has 0 spiro atoms. The van der Waals surface area contributed by atoms with Crippen molar-refractivity contribution in [2.24, 2.45) is 0 Å². The summed E-state index contributed by atoms with van der Waals surface area (Å²) in [6.07, 6.45) is 0. The zero-order valence-corrected chi connectivity index (χ0v) is 9.91. The molecule has 90 valence electrons. The quantitative estimate of drug-likeness (QED) is 0.677. The molecular weight excluding hydrogens is 255 g/mol. The Labute approximate surface area is 107 Å². The fourth-order valence-electron chi connectivity index (χ4n) is 1.70. The van der Waals surface area contributed by atoms with Gasteiger partial charge in [0.1, 0.15) is 11.3 Å². The molecule has 2 aromatic carbocycles. The van der Waals surface area contributed by atoms with E-state index in [9.17, 15) is 4.39 Å². The van der Waals surface area contributed by atoms with Crippen molar-refractivity contribution in [3.8, 4) is 11.5 Å². The average molecular weight is 263 g/mol. The van der Waals surface area contributed by atoms with Gasteiger partial charge in [-0.3, -0.25) is 0 Å². The number of nitrogen functional groups attached to an aromatic ring is 1. The highest BCUT2D eigenvalue weighted by molar-refractivity contribution is 6.30. The summed E-state index contributed by atoms with van der Waals surface area (Å²) < 4.78 is 18.9. The summed E-state index contributed by atoms with van der Waals surface area (Å²) in [5.41, 5.74) is 8.04. The van der Waals surface area contributed by atoms with E-state index in [1.54, 1.807) is 24.3 Å². The molecule has 1 heterocycles. The average Bonchev–Trinajstić information content (AvgIpc) is 2.75. The molecule has 2 N–H and O–H groups in total. The van der Waals surface area contributed by atoms with E-state index >= 15 is 0 Å². The number of aromatic nitrogens is 1. The summed E-state index contributed by atoms with van der Waals surface area (Å²) in [5.74, 6) is -0.165. The lowest BCUT2D eigenvalue weighted by Crippen LogP contribution is -1.83. The number of rotatable bonds is 1. The van der Waals surface area contributed by atoms with Crippen LogP contribution in [0.3, 0.4) is 0 Å². The molecule has 3 aromatic rings. The van der Waals surface area contributed by atoms with Gasteiger partial charge < -0.3 is 10.2 Å². The van der Waals surface area contributed by atoms with Gasteiger partial charge in [-0.05, 0) is 36.4 Å². The van der Waals surface area contributed by atoms with Gasteiger partial charge in [0.25, 0.3) is 0 Å². The van der Waals surface area contributed by atoms with Crippen LogP contribution in [-0.2, 0) is 0 Å². The Morgan fingerprint density at radius 1 is 1.17 bits per heavy atom. The maximum absolute atomic E-state index is 13.4. The standard InChI is InChI=1S/C13H8ClFN2O/c14-9-3-1-7(5-10(9)15)13-17-11-6-8(16)2-4-12(11)18-13/h1-6H,16H2. The van der Waals surface area contributed by atoms with Crippen molar-refractivity contribution >= 4 is 28.4 Å². The van der Waals surface area contributed by atoms with Crippen molar-refractivity contribution in [1.29, 1.82) is 0 Å². The molecule has 0 fully saturated rings. The number of fused-ring (bicyclic) bond motifs is 1. The zero-order valence-electron chi connectivity index (χ0n) is 9.15. The topological polar surface area (TPSA) is 52.0 Å². The van der Waals surface area contributed by atoms with Crippen LogP contribution in [0.15, 0.2) is 40.8 Å². The Bertz CT molecular complexity index is 739. The van der Waals surface area contributed by atoms with Crippen molar-refractivity contribution in [1.82, 2.24) is 4.98 Å². The van der Waals surface area contributed by atoms with Crippen LogP contribution in [0.25, 0.3) is 22.6 Å². The molecule has 3 rings (SSSR count). The van der Waals surface area contributed by atoms with Crippen LogP contribution >= 0.6 is 11.6 Å². The highest BCUT2D eigenvalue weighted by Gasteiger charge is 2.10. The molecule has 0 aliphatic heterocycles. The second kappa shape index (κ2) is 3.99. The summed E-state index contributed by atoms with van der Waals surface area (Å²) in [6, 6.07) is 9.56. The Kier molecular flexibility index (Phi) is 2.45. The van der Waals surface area contributed by atoms with Gasteiger partial charge in [-0.15, -0.1) is 0 Å². The first-order valence-electron chi connectivity index (χ1n) is 5.25. The molecule has 0 unspecified atom stereocenters. The highest BCUT2D eigenvalue weighted by atomic mass is 35.5. The third kappa shape index (κ3) is 1.80. The van der Waals surface area contributed by atoms with Crippen molar-refractivity contribution in [3.05, 3.63) is 47.2 Å².